The van der Waals surface area contributed by atoms with Gasteiger partial charge in [0.1, 0.15) is 0 Å². The monoisotopic (exact) mass is 277 g/mol. The van der Waals surface area contributed by atoms with Crippen LogP contribution >= 0.6 is 0 Å². The lowest BCUT2D eigenvalue weighted by atomic mass is 10.2. The molecule has 0 unspecified atom stereocenters. The van der Waals surface area contributed by atoms with E-state index in [1.54, 1.807) is 14.0 Å². The maximum Gasteiger partial charge on any atom is 0.223 e. The van der Waals surface area contributed by atoms with E-state index in [0.717, 1.165) is 17.1 Å². The first kappa shape index (κ1) is 14.3. The van der Waals surface area contributed by atoms with Crippen molar-refractivity contribution in [3.8, 4) is 11.5 Å². The summed E-state index contributed by atoms with van der Waals surface area (Å²) < 4.78 is 15.7. The molecule has 1 aromatic carbocycles. The molecule has 0 radical (unpaired) electrons. The Morgan fingerprint density at radius 2 is 2.10 bits per heavy atom. The second-order valence-corrected chi connectivity index (χ2v) is 4.25. The highest BCUT2D eigenvalue weighted by Gasteiger charge is 2.06. The van der Waals surface area contributed by atoms with E-state index in [1.807, 2.05) is 25.1 Å². The number of rotatable bonds is 7. The minimum atomic E-state index is 0.563. The molecule has 20 heavy (non-hydrogen) atoms. The first-order valence-corrected chi connectivity index (χ1v) is 6.52. The zero-order chi connectivity index (χ0) is 14.4. The molecule has 0 amide bonds. The quantitative estimate of drug-likeness (QED) is 0.835. The normalized spacial score (nSPS) is 10.6. The third kappa shape index (κ3) is 3.71. The number of hydrogen-bond donors (Lipinski definition) is 1. The lowest BCUT2D eigenvalue weighted by Gasteiger charge is -2.11. The maximum absolute atomic E-state index is 5.54. The average molecular weight is 277 g/mol. The lowest BCUT2D eigenvalue weighted by Crippen LogP contribution is -2.13. The lowest BCUT2D eigenvalue weighted by molar-refractivity contribution is 0.310. The van der Waals surface area contributed by atoms with Crippen LogP contribution in [0.4, 0.5) is 0 Å². The van der Waals surface area contributed by atoms with Crippen LogP contribution in [0.1, 0.15) is 24.2 Å². The van der Waals surface area contributed by atoms with E-state index >= 15 is 0 Å². The molecule has 0 fully saturated rings. The topological polar surface area (TPSA) is 69.4 Å². The van der Waals surface area contributed by atoms with Crippen molar-refractivity contribution < 1.29 is 14.0 Å². The van der Waals surface area contributed by atoms with Crippen molar-refractivity contribution in [3.63, 3.8) is 0 Å². The Balaban J connectivity index is 1.93. The van der Waals surface area contributed by atoms with Crippen molar-refractivity contribution in [3.05, 3.63) is 35.5 Å². The maximum atomic E-state index is 5.54. The van der Waals surface area contributed by atoms with Gasteiger partial charge in [-0.2, -0.15) is 4.98 Å². The van der Waals surface area contributed by atoms with Crippen LogP contribution in [0.2, 0.25) is 0 Å². The van der Waals surface area contributed by atoms with Gasteiger partial charge in [-0.05, 0) is 24.6 Å². The van der Waals surface area contributed by atoms with Gasteiger partial charge in [0.15, 0.2) is 17.3 Å². The van der Waals surface area contributed by atoms with Gasteiger partial charge in [-0.15, -0.1) is 0 Å². The molecule has 108 valence electrons. The van der Waals surface area contributed by atoms with Crippen molar-refractivity contribution in [1.29, 1.82) is 0 Å². The molecule has 0 aliphatic rings. The van der Waals surface area contributed by atoms with Crippen LogP contribution in [0.5, 0.6) is 11.5 Å². The highest BCUT2D eigenvalue weighted by molar-refractivity contribution is 5.42. The summed E-state index contributed by atoms with van der Waals surface area (Å²) in [6, 6.07) is 5.87. The van der Waals surface area contributed by atoms with E-state index in [1.165, 1.54) is 0 Å². The van der Waals surface area contributed by atoms with E-state index in [0.29, 0.717) is 31.4 Å². The first-order chi connectivity index (χ1) is 9.72. The average Bonchev–Trinajstić information content (AvgIpc) is 2.85. The number of nitrogens with one attached hydrogen (secondary N) is 1. The Bertz CT molecular complexity index is 554. The number of hydrogen-bond acceptors (Lipinski definition) is 6. The SMILES string of the molecule is CCOc1cc(CNCc2noc(C)n2)ccc1OC. The third-order valence-corrected chi connectivity index (χ3v) is 2.71. The van der Waals surface area contributed by atoms with Crippen molar-refractivity contribution >= 4 is 0 Å². The van der Waals surface area contributed by atoms with Crippen LogP contribution in [-0.4, -0.2) is 23.9 Å². The van der Waals surface area contributed by atoms with Gasteiger partial charge in [-0.1, -0.05) is 11.2 Å². The molecule has 0 bridgehead atoms. The predicted octanol–water partition coefficient (Wildman–Crippen LogP) is 2.08. The van der Waals surface area contributed by atoms with Crippen molar-refractivity contribution in [2.45, 2.75) is 26.9 Å². The van der Waals surface area contributed by atoms with E-state index in [-0.39, 0.29) is 0 Å². The molecular weight excluding hydrogens is 258 g/mol. The minimum absolute atomic E-state index is 0.563. The van der Waals surface area contributed by atoms with Crippen LogP contribution in [0.25, 0.3) is 0 Å². The fourth-order valence-electron chi connectivity index (χ4n) is 1.83. The summed E-state index contributed by atoms with van der Waals surface area (Å²) in [5, 5.41) is 7.08. The van der Waals surface area contributed by atoms with Gasteiger partial charge in [-0.3, -0.25) is 0 Å². The molecule has 0 spiro atoms. The summed E-state index contributed by atoms with van der Waals surface area (Å²) >= 11 is 0. The van der Waals surface area contributed by atoms with Gasteiger partial charge in [0.05, 0.1) is 20.3 Å². The Hall–Kier alpha value is -2.08. The largest absolute Gasteiger partial charge is 0.493 e. The number of ether oxygens (including phenoxy) is 2. The number of benzene rings is 1. The zero-order valence-electron chi connectivity index (χ0n) is 12.0. The molecule has 0 aliphatic heterocycles. The molecule has 0 saturated heterocycles. The standard InChI is InChI=1S/C14H19N3O3/c1-4-19-13-7-11(5-6-12(13)18-3)8-15-9-14-16-10(2)20-17-14/h5-7,15H,4,8-9H2,1-3H3. The Labute approximate surface area is 118 Å². The van der Waals surface area contributed by atoms with Gasteiger partial charge in [0.2, 0.25) is 5.89 Å². The van der Waals surface area contributed by atoms with E-state index in [4.69, 9.17) is 14.0 Å². The van der Waals surface area contributed by atoms with Gasteiger partial charge < -0.3 is 19.3 Å². The number of methoxy groups -OCH3 is 1. The molecule has 6 nitrogen and oxygen atoms in total. The second-order valence-electron chi connectivity index (χ2n) is 4.25. The second kappa shape index (κ2) is 6.91. The summed E-state index contributed by atoms with van der Waals surface area (Å²) in [7, 11) is 1.63. The fourth-order valence-corrected chi connectivity index (χ4v) is 1.83. The summed E-state index contributed by atoms with van der Waals surface area (Å²) in [4.78, 5) is 4.13. The fraction of sp³-hybridized carbons (Fsp3) is 0.429. The molecule has 0 atom stereocenters. The summed E-state index contributed by atoms with van der Waals surface area (Å²) in [5.74, 6) is 2.72. The van der Waals surface area contributed by atoms with Crippen molar-refractivity contribution in [2.24, 2.45) is 0 Å². The summed E-state index contributed by atoms with van der Waals surface area (Å²) in [6.45, 7) is 5.58. The number of nitrogens with zero attached hydrogens (tertiary/aromatic N) is 2. The molecule has 1 heterocycles. The number of aromatic nitrogens is 2. The molecule has 2 aromatic rings. The highest BCUT2D eigenvalue weighted by atomic mass is 16.5. The summed E-state index contributed by atoms with van der Waals surface area (Å²) in [5.41, 5.74) is 1.11. The minimum Gasteiger partial charge on any atom is -0.493 e. The van der Waals surface area contributed by atoms with Crippen molar-refractivity contribution in [1.82, 2.24) is 15.5 Å². The zero-order valence-corrected chi connectivity index (χ0v) is 12.0. The van der Waals surface area contributed by atoms with Gasteiger partial charge in [0, 0.05) is 13.5 Å². The Morgan fingerprint density at radius 1 is 1.25 bits per heavy atom. The Morgan fingerprint density at radius 3 is 2.75 bits per heavy atom. The molecule has 1 N–H and O–H groups in total. The predicted molar refractivity (Wildman–Crippen MR) is 73.7 cm³/mol. The van der Waals surface area contributed by atoms with E-state index in [9.17, 15) is 0 Å². The third-order valence-electron chi connectivity index (χ3n) is 2.71. The van der Waals surface area contributed by atoms with Crippen LogP contribution < -0.4 is 14.8 Å². The van der Waals surface area contributed by atoms with Crippen LogP contribution in [0, 0.1) is 6.92 Å². The van der Waals surface area contributed by atoms with Crippen LogP contribution in [-0.2, 0) is 13.1 Å². The first-order valence-electron chi connectivity index (χ1n) is 6.52. The number of aryl methyl sites for hydroxylation is 1. The smallest absolute Gasteiger partial charge is 0.223 e. The van der Waals surface area contributed by atoms with E-state index < -0.39 is 0 Å². The Kier molecular flexibility index (Phi) is 4.95. The van der Waals surface area contributed by atoms with Crippen LogP contribution in [0.3, 0.4) is 0 Å². The molecule has 1 aromatic heterocycles. The van der Waals surface area contributed by atoms with Gasteiger partial charge >= 0.3 is 0 Å². The van der Waals surface area contributed by atoms with Gasteiger partial charge in [0.25, 0.3) is 0 Å². The van der Waals surface area contributed by atoms with Crippen LogP contribution in [0.15, 0.2) is 22.7 Å². The van der Waals surface area contributed by atoms with E-state index in [2.05, 4.69) is 15.5 Å². The molecule has 0 aliphatic carbocycles. The molecule has 0 saturated carbocycles. The molecule has 2 rings (SSSR count). The molecule has 6 heteroatoms. The highest BCUT2D eigenvalue weighted by Crippen LogP contribution is 2.27. The molecular formula is C14H19N3O3. The summed E-state index contributed by atoms with van der Waals surface area (Å²) in [6.07, 6.45) is 0. The van der Waals surface area contributed by atoms with Crippen molar-refractivity contribution in [2.75, 3.05) is 13.7 Å². The van der Waals surface area contributed by atoms with Gasteiger partial charge in [-0.25, -0.2) is 0 Å².